The van der Waals surface area contributed by atoms with Crippen LogP contribution in [0.25, 0.3) is 11.1 Å². The summed E-state index contributed by atoms with van der Waals surface area (Å²) in [5.41, 5.74) is 6.15. The molecule has 2 heteroatoms. The molecule has 0 spiro atoms. The fraction of sp³-hybridized carbons (Fsp3) is 0.286. The summed E-state index contributed by atoms with van der Waals surface area (Å²) in [5, 5.41) is 0. The third-order valence-corrected chi connectivity index (χ3v) is 4.35. The van der Waals surface area contributed by atoms with Crippen molar-refractivity contribution in [2.75, 3.05) is 6.61 Å². The van der Waals surface area contributed by atoms with E-state index in [9.17, 15) is 4.79 Å². The molecule has 0 heterocycles. The summed E-state index contributed by atoms with van der Waals surface area (Å²) in [4.78, 5) is 11.3. The molecular weight excluding hydrogens is 284 g/mol. The van der Waals surface area contributed by atoms with Crippen LogP contribution in [0.5, 0.6) is 0 Å². The van der Waals surface area contributed by atoms with Crippen molar-refractivity contribution in [3.8, 4) is 23.0 Å². The number of esters is 1. The minimum Gasteiger partial charge on any atom is -0.465 e. The van der Waals surface area contributed by atoms with Crippen molar-refractivity contribution in [1.82, 2.24) is 0 Å². The molecule has 1 aliphatic carbocycles. The Bertz CT molecular complexity index is 819. The van der Waals surface area contributed by atoms with Gasteiger partial charge < -0.3 is 4.74 Å². The highest BCUT2D eigenvalue weighted by Crippen LogP contribution is 2.48. The first-order valence-corrected chi connectivity index (χ1v) is 7.93. The summed E-state index contributed by atoms with van der Waals surface area (Å²) >= 11 is 0. The fourth-order valence-electron chi connectivity index (χ4n) is 3.21. The summed E-state index contributed by atoms with van der Waals surface area (Å²) in [6.45, 7) is 6.68. The molecule has 0 saturated heterocycles. The van der Waals surface area contributed by atoms with Gasteiger partial charge in [-0.2, -0.15) is 0 Å². The molecule has 0 N–H and O–H groups in total. The Morgan fingerprint density at radius 1 is 1.09 bits per heavy atom. The maximum Gasteiger partial charge on any atom is 0.317 e. The molecule has 2 aromatic carbocycles. The van der Waals surface area contributed by atoms with Crippen LogP contribution in [0.4, 0.5) is 0 Å². The van der Waals surface area contributed by atoms with Gasteiger partial charge in [-0.1, -0.05) is 56.0 Å². The summed E-state index contributed by atoms with van der Waals surface area (Å²) in [6, 6.07) is 14.8. The largest absolute Gasteiger partial charge is 0.465 e. The van der Waals surface area contributed by atoms with Crippen LogP contribution in [0.2, 0.25) is 0 Å². The van der Waals surface area contributed by atoms with E-state index in [2.05, 4.69) is 62.1 Å². The smallest absolute Gasteiger partial charge is 0.317 e. The second-order valence-electron chi connectivity index (χ2n) is 6.21. The Morgan fingerprint density at radius 2 is 1.83 bits per heavy atom. The molecule has 1 aliphatic rings. The average molecular weight is 304 g/mol. The van der Waals surface area contributed by atoms with Gasteiger partial charge in [-0.25, -0.2) is 0 Å². The molecule has 0 aromatic heterocycles. The molecule has 3 rings (SSSR count). The lowest BCUT2D eigenvalue weighted by Gasteiger charge is -2.21. The number of carbonyl (C=O) groups is 1. The number of rotatable bonds is 2. The Hall–Kier alpha value is -2.53. The summed E-state index contributed by atoms with van der Waals surface area (Å²) < 4.78 is 4.89. The Labute approximate surface area is 137 Å². The van der Waals surface area contributed by atoms with Gasteiger partial charge in [0.15, 0.2) is 0 Å². The number of ether oxygens (including phenoxy) is 1. The van der Waals surface area contributed by atoms with Crippen LogP contribution in [0.15, 0.2) is 42.5 Å². The van der Waals surface area contributed by atoms with E-state index in [1.54, 1.807) is 6.92 Å². The van der Waals surface area contributed by atoms with Gasteiger partial charge in [0, 0.05) is 11.0 Å². The molecule has 2 nitrogen and oxygen atoms in total. The molecule has 0 bridgehead atoms. The maximum absolute atomic E-state index is 11.3. The van der Waals surface area contributed by atoms with Crippen LogP contribution < -0.4 is 0 Å². The minimum atomic E-state index is -0.270. The van der Waals surface area contributed by atoms with Crippen LogP contribution >= 0.6 is 0 Å². The zero-order chi connectivity index (χ0) is 16.4. The lowest BCUT2D eigenvalue weighted by atomic mass is 9.82. The monoisotopic (exact) mass is 304 g/mol. The van der Waals surface area contributed by atoms with Gasteiger partial charge in [-0.05, 0) is 41.3 Å². The highest BCUT2D eigenvalue weighted by Gasteiger charge is 2.34. The normalized spacial score (nSPS) is 13.5. The molecule has 0 atom stereocenters. The first-order valence-electron chi connectivity index (χ1n) is 7.93. The second-order valence-corrected chi connectivity index (χ2v) is 6.21. The maximum atomic E-state index is 11.3. The predicted octanol–water partition coefficient (Wildman–Crippen LogP) is 4.30. The van der Waals surface area contributed by atoms with Gasteiger partial charge >= 0.3 is 5.97 Å². The van der Waals surface area contributed by atoms with Gasteiger partial charge in [-0.15, -0.1) is 0 Å². The van der Waals surface area contributed by atoms with Crippen LogP contribution in [0.1, 0.15) is 43.9 Å². The lowest BCUT2D eigenvalue weighted by molar-refractivity contribution is -0.141. The van der Waals surface area contributed by atoms with E-state index in [0.29, 0.717) is 6.61 Å². The Kier molecular flexibility index (Phi) is 3.96. The van der Waals surface area contributed by atoms with Crippen LogP contribution in [0, 0.1) is 11.8 Å². The van der Waals surface area contributed by atoms with E-state index in [-0.39, 0.29) is 17.8 Å². The van der Waals surface area contributed by atoms with E-state index in [1.807, 2.05) is 6.07 Å². The first-order chi connectivity index (χ1) is 11.0. The van der Waals surface area contributed by atoms with Gasteiger partial charge in [-0.3, -0.25) is 4.79 Å². The third kappa shape index (κ3) is 2.75. The molecule has 23 heavy (non-hydrogen) atoms. The molecule has 0 saturated carbocycles. The average Bonchev–Trinajstić information content (AvgIpc) is 2.76. The second kappa shape index (κ2) is 5.93. The van der Waals surface area contributed by atoms with Crippen molar-refractivity contribution in [3.63, 3.8) is 0 Å². The van der Waals surface area contributed by atoms with Gasteiger partial charge in [0.05, 0.1) is 6.61 Å². The molecule has 0 unspecified atom stereocenters. The number of benzene rings is 2. The van der Waals surface area contributed by atoms with E-state index in [0.717, 1.165) is 5.56 Å². The van der Waals surface area contributed by atoms with Crippen molar-refractivity contribution >= 4 is 5.97 Å². The van der Waals surface area contributed by atoms with Crippen molar-refractivity contribution in [3.05, 3.63) is 59.2 Å². The van der Waals surface area contributed by atoms with E-state index >= 15 is 0 Å². The highest BCUT2D eigenvalue weighted by molar-refractivity contribution is 5.81. The van der Waals surface area contributed by atoms with Gasteiger partial charge in [0.1, 0.15) is 6.42 Å². The van der Waals surface area contributed by atoms with Crippen molar-refractivity contribution in [1.29, 1.82) is 0 Å². The quantitative estimate of drug-likeness (QED) is 0.611. The van der Waals surface area contributed by atoms with Crippen molar-refractivity contribution in [2.45, 2.75) is 32.6 Å². The number of carbonyl (C=O) groups excluding carboxylic acids is 1. The van der Waals surface area contributed by atoms with Crippen molar-refractivity contribution < 1.29 is 9.53 Å². The predicted molar refractivity (Wildman–Crippen MR) is 92.1 cm³/mol. The molecule has 116 valence electrons. The number of hydrogen-bond donors (Lipinski definition) is 0. The zero-order valence-corrected chi connectivity index (χ0v) is 13.8. The van der Waals surface area contributed by atoms with E-state index in [4.69, 9.17) is 4.74 Å². The molecule has 0 radical (unpaired) electrons. The van der Waals surface area contributed by atoms with E-state index < -0.39 is 0 Å². The topological polar surface area (TPSA) is 26.3 Å². The summed E-state index contributed by atoms with van der Waals surface area (Å²) in [6.07, 6.45) is 0.133. The van der Waals surface area contributed by atoms with Gasteiger partial charge in [0.2, 0.25) is 0 Å². The molecular formula is C21H20O2. The van der Waals surface area contributed by atoms with Crippen LogP contribution in [0.3, 0.4) is 0 Å². The van der Waals surface area contributed by atoms with Gasteiger partial charge in [0.25, 0.3) is 0 Å². The highest BCUT2D eigenvalue weighted by atomic mass is 16.5. The molecule has 2 aromatic rings. The molecule has 0 fully saturated rings. The molecule has 0 aliphatic heterocycles. The summed E-state index contributed by atoms with van der Waals surface area (Å²) in [7, 11) is 0. The number of fused-ring (bicyclic) bond motifs is 3. The number of hydrogen-bond acceptors (Lipinski definition) is 2. The zero-order valence-electron chi connectivity index (χ0n) is 13.8. The Balaban J connectivity index is 1.92. The fourth-order valence-corrected chi connectivity index (χ4v) is 3.21. The molecule has 0 amide bonds. The minimum absolute atomic E-state index is 0.0231. The standard InChI is InChI=1S/C21H20O2/c1-4-23-20(22)11-7-8-15-12-13-17-16-9-5-6-10-18(16)21(2,3)19(17)14-15/h5-6,9-10,12-14H,4,11H2,1-3H3. The third-order valence-electron chi connectivity index (χ3n) is 4.35. The SMILES string of the molecule is CCOC(=O)CC#Cc1ccc2c(c1)C(C)(C)c1ccccc1-2. The van der Waals surface area contributed by atoms with Crippen molar-refractivity contribution in [2.24, 2.45) is 0 Å². The van der Waals surface area contributed by atoms with E-state index in [1.165, 1.54) is 22.3 Å². The summed E-state index contributed by atoms with van der Waals surface area (Å²) in [5.74, 6) is 5.71. The first kappa shape index (κ1) is 15.4. The van der Waals surface area contributed by atoms with Crippen LogP contribution in [-0.2, 0) is 14.9 Å². The van der Waals surface area contributed by atoms with Crippen LogP contribution in [-0.4, -0.2) is 12.6 Å². The lowest BCUT2D eigenvalue weighted by Crippen LogP contribution is -2.14. The Morgan fingerprint density at radius 3 is 2.61 bits per heavy atom.